The lowest BCUT2D eigenvalue weighted by Gasteiger charge is -2.17. The Balaban J connectivity index is 2.61. The second-order valence-corrected chi connectivity index (χ2v) is 4.14. The summed E-state index contributed by atoms with van der Waals surface area (Å²) in [5.74, 6) is 0. The summed E-state index contributed by atoms with van der Waals surface area (Å²) < 4.78 is 10.3. The molecule has 1 atom stereocenters. The highest BCUT2D eigenvalue weighted by Gasteiger charge is 2.08. The number of hydrogen-bond donors (Lipinski definition) is 2. The van der Waals surface area contributed by atoms with E-state index >= 15 is 0 Å². The first-order valence-electron chi connectivity index (χ1n) is 5.45. The molecular formula is C12H19ClN2O2. The number of nitrogens with one attached hydrogen (secondary N) is 1. The fourth-order valence-electron chi connectivity index (χ4n) is 1.52. The molecule has 0 aliphatic rings. The normalized spacial score (nSPS) is 12.5. The molecule has 0 fully saturated rings. The van der Waals surface area contributed by atoms with Crippen LogP contribution < -0.4 is 11.1 Å². The molecule has 5 heteroatoms. The molecule has 0 saturated carbocycles. The van der Waals surface area contributed by atoms with Gasteiger partial charge in [0.05, 0.1) is 12.7 Å². The quantitative estimate of drug-likeness (QED) is 0.784. The molecule has 0 heterocycles. The topological polar surface area (TPSA) is 56.5 Å². The zero-order valence-corrected chi connectivity index (χ0v) is 11.0. The van der Waals surface area contributed by atoms with Crippen LogP contribution in [-0.4, -0.2) is 33.5 Å². The van der Waals surface area contributed by atoms with Gasteiger partial charge in [0.25, 0.3) is 0 Å². The van der Waals surface area contributed by atoms with Crippen molar-refractivity contribution < 1.29 is 9.47 Å². The van der Waals surface area contributed by atoms with Crippen molar-refractivity contribution in [2.24, 2.45) is 5.73 Å². The summed E-state index contributed by atoms with van der Waals surface area (Å²) in [7, 11) is 3.32. The molecule has 1 unspecified atom stereocenters. The third-order valence-electron chi connectivity index (χ3n) is 2.49. The molecule has 17 heavy (non-hydrogen) atoms. The lowest BCUT2D eigenvalue weighted by Crippen LogP contribution is -2.27. The summed E-state index contributed by atoms with van der Waals surface area (Å²) in [5.41, 5.74) is 7.63. The van der Waals surface area contributed by atoms with Gasteiger partial charge in [-0.15, -0.1) is 0 Å². The summed E-state index contributed by atoms with van der Waals surface area (Å²) in [5, 5.41) is 3.97. The van der Waals surface area contributed by atoms with Crippen molar-refractivity contribution in [1.29, 1.82) is 0 Å². The maximum Gasteiger partial charge on any atom is 0.0976 e. The van der Waals surface area contributed by atoms with Crippen LogP contribution in [-0.2, 0) is 16.0 Å². The van der Waals surface area contributed by atoms with Gasteiger partial charge in [-0.2, -0.15) is 0 Å². The molecule has 96 valence electrons. The summed E-state index contributed by atoms with van der Waals surface area (Å²) >= 11 is 5.91. The molecule has 1 rings (SSSR count). The van der Waals surface area contributed by atoms with E-state index in [0.29, 0.717) is 24.7 Å². The van der Waals surface area contributed by atoms with Crippen LogP contribution in [0.5, 0.6) is 0 Å². The average Bonchev–Trinajstić information content (AvgIpc) is 2.35. The molecule has 0 spiro atoms. The fraction of sp³-hybridized carbons (Fsp3) is 0.500. The zero-order valence-electron chi connectivity index (χ0n) is 10.2. The van der Waals surface area contributed by atoms with E-state index in [0.717, 1.165) is 11.3 Å². The highest BCUT2D eigenvalue weighted by atomic mass is 35.5. The van der Waals surface area contributed by atoms with Gasteiger partial charge < -0.3 is 20.5 Å². The van der Waals surface area contributed by atoms with Crippen LogP contribution in [0, 0.1) is 0 Å². The summed E-state index contributed by atoms with van der Waals surface area (Å²) in [6.07, 6.45) is 0.0151. The Bertz CT molecular complexity index is 347. The Morgan fingerprint density at radius 2 is 2.18 bits per heavy atom. The molecule has 0 saturated heterocycles. The largest absolute Gasteiger partial charge is 0.382 e. The number of anilines is 1. The zero-order chi connectivity index (χ0) is 12.7. The van der Waals surface area contributed by atoms with Crippen LogP contribution in [0.3, 0.4) is 0 Å². The first-order valence-corrected chi connectivity index (χ1v) is 5.83. The number of ether oxygens (including phenoxy) is 2. The van der Waals surface area contributed by atoms with Crippen molar-refractivity contribution in [3.8, 4) is 0 Å². The van der Waals surface area contributed by atoms with E-state index in [2.05, 4.69) is 5.32 Å². The minimum absolute atomic E-state index is 0.0151. The summed E-state index contributed by atoms with van der Waals surface area (Å²) in [6, 6.07) is 5.62. The van der Waals surface area contributed by atoms with Gasteiger partial charge in [-0.3, -0.25) is 0 Å². The molecule has 0 amide bonds. The number of methoxy groups -OCH3 is 2. The van der Waals surface area contributed by atoms with E-state index in [1.165, 1.54) is 0 Å². The van der Waals surface area contributed by atoms with Crippen molar-refractivity contribution >= 4 is 17.3 Å². The van der Waals surface area contributed by atoms with Crippen LogP contribution in [0.1, 0.15) is 5.56 Å². The minimum atomic E-state index is 0.0151. The van der Waals surface area contributed by atoms with Crippen LogP contribution in [0.25, 0.3) is 0 Å². The Morgan fingerprint density at radius 1 is 1.41 bits per heavy atom. The molecule has 0 bridgehead atoms. The van der Waals surface area contributed by atoms with E-state index in [1.807, 2.05) is 18.2 Å². The fourth-order valence-corrected chi connectivity index (χ4v) is 1.72. The van der Waals surface area contributed by atoms with Crippen molar-refractivity contribution in [3.05, 3.63) is 28.8 Å². The van der Waals surface area contributed by atoms with Crippen LogP contribution in [0.4, 0.5) is 5.69 Å². The molecule has 0 aliphatic carbocycles. The Morgan fingerprint density at radius 3 is 2.76 bits per heavy atom. The van der Waals surface area contributed by atoms with Crippen molar-refractivity contribution in [2.75, 3.05) is 32.7 Å². The second kappa shape index (κ2) is 7.50. The molecule has 4 nitrogen and oxygen atoms in total. The third kappa shape index (κ3) is 4.52. The van der Waals surface area contributed by atoms with Gasteiger partial charge in [0.15, 0.2) is 0 Å². The highest BCUT2D eigenvalue weighted by molar-refractivity contribution is 6.30. The smallest absolute Gasteiger partial charge is 0.0976 e. The Labute approximate surface area is 107 Å². The van der Waals surface area contributed by atoms with E-state index in [-0.39, 0.29) is 6.10 Å². The van der Waals surface area contributed by atoms with Crippen LogP contribution in [0.15, 0.2) is 18.2 Å². The Hall–Kier alpha value is -0.810. The monoisotopic (exact) mass is 258 g/mol. The number of hydrogen-bond acceptors (Lipinski definition) is 4. The Kier molecular flexibility index (Phi) is 6.29. The van der Waals surface area contributed by atoms with Gasteiger partial charge in [-0.05, 0) is 23.8 Å². The average molecular weight is 259 g/mol. The van der Waals surface area contributed by atoms with Gasteiger partial charge in [-0.25, -0.2) is 0 Å². The lowest BCUT2D eigenvalue weighted by atomic mass is 10.1. The number of nitrogens with two attached hydrogens (primary N) is 1. The SMILES string of the molecule is COCC(CNc1ccc(Cl)cc1CN)OC. The second-order valence-electron chi connectivity index (χ2n) is 3.70. The number of halogens is 1. The highest BCUT2D eigenvalue weighted by Crippen LogP contribution is 2.20. The van der Waals surface area contributed by atoms with Crippen LogP contribution in [0.2, 0.25) is 5.02 Å². The summed E-state index contributed by atoms with van der Waals surface area (Å²) in [6.45, 7) is 1.67. The molecule has 0 radical (unpaired) electrons. The lowest BCUT2D eigenvalue weighted by molar-refractivity contribution is 0.0365. The molecule has 0 aromatic heterocycles. The number of benzene rings is 1. The van der Waals surface area contributed by atoms with Gasteiger partial charge in [-0.1, -0.05) is 11.6 Å². The predicted molar refractivity (Wildman–Crippen MR) is 70.5 cm³/mol. The standard InChI is InChI=1S/C12H19ClN2O2/c1-16-8-11(17-2)7-15-12-4-3-10(13)5-9(12)6-14/h3-5,11,15H,6-8,14H2,1-2H3. The first-order chi connectivity index (χ1) is 8.21. The van der Waals surface area contributed by atoms with Gasteiger partial charge in [0.1, 0.15) is 0 Å². The maximum atomic E-state index is 5.91. The summed E-state index contributed by atoms with van der Waals surface area (Å²) in [4.78, 5) is 0. The molecule has 1 aromatic rings. The van der Waals surface area contributed by atoms with Gasteiger partial charge in [0, 0.05) is 38.0 Å². The van der Waals surface area contributed by atoms with Gasteiger partial charge in [0.2, 0.25) is 0 Å². The molecule has 3 N–H and O–H groups in total. The minimum Gasteiger partial charge on any atom is -0.382 e. The van der Waals surface area contributed by atoms with E-state index < -0.39 is 0 Å². The molecule has 1 aromatic carbocycles. The van der Waals surface area contributed by atoms with Crippen LogP contribution >= 0.6 is 11.6 Å². The first kappa shape index (κ1) is 14.3. The molecular weight excluding hydrogens is 240 g/mol. The third-order valence-corrected chi connectivity index (χ3v) is 2.73. The van der Waals surface area contributed by atoms with Crippen molar-refractivity contribution in [2.45, 2.75) is 12.6 Å². The van der Waals surface area contributed by atoms with E-state index in [4.69, 9.17) is 26.8 Å². The van der Waals surface area contributed by atoms with Crippen molar-refractivity contribution in [1.82, 2.24) is 0 Å². The van der Waals surface area contributed by atoms with E-state index in [1.54, 1.807) is 14.2 Å². The predicted octanol–water partition coefficient (Wildman–Crippen LogP) is 1.87. The van der Waals surface area contributed by atoms with Crippen molar-refractivity contribution in [3.63, 3.8) is 0 Å². The maximum absolute atomic E-state index is 5.91. The van der Waals surface area contributed by atoms with E-state index in [9.17, 15) is 0 Å². The molecule has 0 aliphatic heterocycles. The van der Waals surface area contributed by atoms with Gasteiger partial charge >= 0.3 is 0 Å². The number of rotatable bonds is 7.